The van der Waals surface area contributed by atoms with Crippen molar-refractivity contribution < 1.29 is 13.6 Å². The third-order valence-corrected chi connectivity index (χ3v) is 12.1. The quantitative estimate of drug-likeness (QED) is 0.257. The Kier molecular flexibility index (Phi) is 5.06. The van der Waals surface area contributed by atoms with Crippen molar-refractivity contribution in [3.8, 4) is 22.6 Å². The van der Waals surface area contributed by atoms with Crippen LogP contribution in [0.2, 0.25) is 0 Å². The van der Waals surface area contributed by atoms with E-state index in [0.717, 1.165) is 45.5 Å². The Hall–Kier alpha value is -2.46. The largest absolute Gasteiger partial charge is 0.449 e. The summed E-state index contributed by atoms with van der Waals surface area (Å²) in [5.41, 5.74) is 1.90. The van der Waals surface area contributed by atoms with Gasteiger partial charge in [0.05, 0.1) is 4.87 Å². The third-order valence-electron chi connectivity index (χ3n) is 7.98. The van der Waals surface area contributed by atoms with Crippen molar-refractivity contribution in [1.82, 2.24) is 5.32 Å². The third kappa shape index (κ3) is 3.44. The van der Waals surface area contributed by atoms with Crippen LogP contribution in [0, 0.1) is 0 Å². The Morgan fingerprint density at radius 3 is 1.86 bits per heavy atom. The van der Waals surface area contributed by atoms with Gasteiger partial charge in [0.1, 0.15) is 17.3 Å². The lowest BCUT2D eigenvalue weighted by atomic mass is 9.92. The summed E-state index contributed by atoms with van der Waals surface area (Å²) in [6, 6.07) is 24.7. The number of fused-ring (bicyclic) bond motifs is 7. The molecule has 0 unspecified atom stereocenters. The molecule has 36 heavy (non-hydrogen) atoms. The number of benzene rings is 4. The van der Waals surface area contributed by atoms with E-state index in [9.17, 15) is 4.57 Å². The van der Waals surface area contributed by atoms with Crippen LogP contribution in [0.15, 0.2) is 72.8 Å². The molecule has 1 atom stereocenters. The highest BCUT2D eigenvalue weighted by Gasteiger charge is 2.60. The fourth-order valence-electron chi connectivity index (χ4n) is 6.41. The molecule has 1 saturated heterocycles. The fourth-order valence-corrected chi connectivity index (χ4v) is 11.2. The number of nitrogens with one attached hydrogen (secondary N) is 1. The molecule has 0 radical (unpaired) electrons. The van der Waals surface area contributed by atoms with Crippen molar-refractivity contribution in [3.63, 3.8) is 0 Å². The zero-order valence-corrected chi connectivity index (χ0v) is 22.3. The van der Waals surface area contributed by atoms with Crippen LogP contribution in [-0.4, -0.2) is 15.4 Å². The molecule has 2 aliphatic heterocycles. The molecule has 1 aliphatic carbocycles. The number of hydrogen-bond donors (Lipinski definition) is 1. The number of thioether (sulfide) groups is 1. The molecule has 184 valence electrons. The molecule has 6 heteroatoms. The highest BCUT2D eigenvalue weighted by Crippen LogP contribution is 2.67. The molecule has 1 spiro atoms. The van der Waals surface area contributed by atoms with Crippen LogP contribution in [0.5, 0.6) is 11.5 Å². The zero-order valence-electron chi connectivity index (χ0n) is 20.6. The molecule has 4 aromatic rings. The van der Waals surface area contributed by atoms with Gasteiger partial charge in [-0.2, -0.15) is 0 Å². The van der Waals surface area contributed by atoms with Crippen LogP contribution in [-0.2, 0) is 4.57 Å². The minimum atomic E-state index is -3.67. The van der Waals surface area contributed by atoms with Gasteiger partial charge in [0.2, 0.25) is 0 Å². The van der Waals surface area contributed by atoms with E-state index in [-0.39, 0.29) is 9.62 Å². The van der Waals surface area contributed by atoms with Crippen molar-refractivity contribution >= 4 is 40.9 Å². The second-order valence-electron chi connectivity index (χ2n) is 10.8. The average Bonchev–Trinajstić information content (AvgIpc) is 3.05. The minimum Gasteiger partial charge on any atom is -0.414 e. The summed E-state index contributed by atoms with van der Waals surface area (Å²) < 4.78 is 27.9. The van der Waals surface area contributed by atoms with Gasteiger partial charge >= 0.3 is 7.60 Å². The first-order valence-corrected chi connectivity index (χ1v) is 15.3. The van der Waals surface area contributed by atoms with Gasteiger partial charge in [-0.05, 0) is 60.4 Å². The lowest BCUT2D eigenvalue weighted by molar-refractivity contribution is 0.308. The molecular weight excluding hydrogens is 485 g/mol. The van der Waals surface area contributed by atoms with E-state index in [2.05, 4.69) is 55.6 Å². The maximum Gasteiger partial charge on any atom is 0.449 e. The van der Waals surface area contributed by atoms with Gasteiger partial charge in [0, 0.05) is 15.9 Å². The molecule has 0 amide bonds. The zero-order chi connectivity index (χ0) is 24.5. The summed E-state index contributed by atoms with van der Waals surface area (Å²) in [5, 5.41) is 8.20. The predicted octanol–water partition coefficient (Wildman–Crippen LogP) is 8.73. The lowest BCUT2D eigenvalue weighted by Crippen LogP contribution is -2.46. The van der Waals surface area contributed by atoms with Gasteiger partial charge in [-0.3, -0.25) is 5.32 Å². The van der Waals surface area contributed by atoms with Gasteiger partial charge in [-0.25, -0.2) is 4.57 Å². The molecule has 3 aliphatic rings. The second-order valence-corrected chi connectivity index (χ2v) is 14.8. The molecule has 1 N–H and O–H groups in total. The second kappa shape index (κ2) is 8.02. The Labute approximate surface area is 216 Å². The van der Waals surface area contributed by atoms with Crippen molar-refractivity contribution in [3.05, 3.63) is 72.8 Å². The standard InChI is InChI=1S/C30H30NO3PS/c1-29(2)28(31-30(36-29)18-8-3-9-19-30)35(32)33-24-16-14-20-10-4-6-12-22(20)26(24)27-23-13-7-5-11-21(23)15-17-25(27)34-35/h4-7,10-17,28,31H,3,8-9,18-19H2,1-2H3/t28-/m1/s1. The fraction of sp³-hybridized carbons (Fsp3) is 0.333. The van der Waals surface area contributed by atoms with Gasteiger partial charge in [0.15, 0.2) is 0 Å². The molecular formula is C30H30NO3PS. The number of rotatable bonds is 1. The highest BCUT2D eigenvalue weighted by atomic mass is 32.2. The summed E-state index contributed by atoms with van der Waals surface area (Å²) in [6.45, 7) is 4.36. The van der Waals surface area contributed by atoms with E-state index in [1.54, 1.807) is 0 Å². The predicted molar refractivity (Wildman–Crippen MR) is 150 cm³/mol. The molecule has 0 aromatic heterocycles. The molecule has 7 rings (SSSR count). The summed E-state index contributed by atoms with van der Waals surface area (Å²) >= 11 is 1.92. The van der Waals surface area contributed by atoms with E-state index in [0.29, 0.717) is 11.5 Å². The Bertz CT molecular complexity index is 1470. The summed E-state index contributed by atoms with van der Waals surface area (Å²) in [6.07, 6.45) is 5.82. The highest BCUT2D eigenvalue weighted by molar-refractivity contribution is 8.02. The summed E-state index contributed by atoms with van der Waals surface area (Å²) in [4.78, 5) is -0.0682. The van der Waals surface area contributed by atoms with Crippen LogP contribution < -0.4 is 14.4 Å². The molecule has 2 heterocycles. The topological polar surface area (TPSA) is 47.6 Å². The first kappa shape index (κ1) is 22.7. The van der Waals surface area contributed by atoms with Crippen molar-refractivity contribution in [2.24, 2.45) is 0 Å². The van der Waals surface area contributed by atoms with Gasteiger partial charge < -0.3 is 9.05 Å². The van der Waals surface area contributed by atoms with Crippen LogP contribution >= 0.6 is 19.4 Å². The van der Waals surface area contributed by atoms with E-state index in [4.69, 9.17) is 9.05 Å². The maximum absolute atomic E-state index is 15.0. The smallest absolute Gasteiger partial charge is 0.414 e. The Morgan fingerprint density at radius 2 is 1.31 bits per heavy atom. The number of hydrogen-bond acceptors (Lipinski definition) is 5. The molecule has 4 nitrogen and oxygen atoms in total. The van der Waals surface area contributed by atoms with Crippen LogP contribution in [0.1, 0.15) is 46.0 Å². The average molecular weight is 516 g/mol. The SMILES string of the molecule is CC1(C)SC2(CCCCC2)N[C@@H]1P1(=O)Oc2ccc3ccccc3c2-c2c(ccc3ccccc23)O1. The molecule has 1 saturated carbocycles. The first-order chi connectivity index (χ1) is 17.4. The monoisotopic (exact) mass is 515 g/mol. The van der Waals surface area contributed by atoms with Gasteiger partial charge in [0.25, 0.3) is 0 Å². The van der Waals surface area contributed by atoms with Crippen molar-refractivity contribution in [1.29, 1.82) is 0 Å². The van der Waals surface area contributed by atoms with E-state index in [1.807, 2.05) is 48.2 Å². The van der Waals surface area contributed by atoms with Crippen LogP contribution in [0.4, 0.5) is 0 Å². The maximum atomic E-state index is 15.0. The van der Waals surface area contributed by atoms with Gasteiger partial charge in [-0.1, -0.05) is 79.9 Å². The molecule has 0 bridgehead atoms. The van der Waals surface area contributed by atoms with Crippen LogP contribution in [0.25, 0.3) is 32.7 Å². The summed E-state index contributed by atoms with van der Waals surface area (Å²) in [5.74, 6) is 0.823. The molecule has 2 fully saturated rings. The van der Waals surface area contributed by atoms with Crippen LogP contribution in [0.3, 0.4) is 0 Å². The van der Waals surface area contributed by atoms with E-state index >= 15 is 0 Å². The molecule has 4 aromatic carbocycles. The normalized spacial score (nSPS) is 23.4. The van der Waals surface area contributed by atoms with Gasteiger partial charge in [-0.15, -0.1) is 11.8 Å². The van der Waals surface area contributed by atoms with E-state index < -0.39 is 13.4 Å². The Morgan fingerprint density at radius 1 is 0.778 bits per heavy atom. The van der Waals surface area contributed by atoms with Crippen molar-refractivity contribution in [2.45, 2.75) is 61.4 Å². The first-order valence-electron chi connectivity index (χ1n) is 12.9. The summed E-state index contributed by atoms with van der Waals surface area (Å²) in [7, 11) is -3.67. The Balaban J connectivity index is 1.46. The van der Waals surface area contributed by atoms with Crippen molar-refractivity contribution in [2.75, 3.05) is 0 Å². The minimum absolute atomic E-state index is 0.0682. The lowest BCUT2D eigenvalue weighted by Gasteiger charge is -2.34. The van der Waals surface area contributed by atoms with E-state index in [1.165, 1.54) is 19.3 Å².